The Morgan fingerprint density at radius 2 is 2.28 bits per heavy atom. The lowest BCUT2D eigenvalue weighted by molar-refractivity contribution is -0.137. The summed E-state index contributed by atoms with van der Waals surface area (Å²) < 4.78 is 5.28. The molecule has 0 saturated heterocycles. The Labute approximate surface area is 105 Å². The highest BCUT2D eigenvalue weighted by atomic mass is 16.4. The van der Waals surface area contributed by atoms with Crippen molar-refractivity contribution in [3.63, 3.8) is 0 Å². The SMILES string of the molecule is CCN(CC(=O)O)C(=O)NC(C)c1ncc(C)o1. The molecule has 0 saturated carbocycles. The summed E-state index contributed by atoms with van der Waals surface area (Å²) in [7, 11) is 0. The zero-order chi connectivity index (χ0) is 13.7. The van der Waals surface area contributed by atoms with Crippen molar-refractivity contribution in [1.29, 1.82) is 0 Å². The van der Waals surface area contributed by atoms with Crippen LogP contribution in [0.25, 0.3) is 0 Å². The summed E-state index contributed by atoms with van der Waals surface area (Å²) in [6, 6.07) is -0.864. The quantitative estimate of drug-likeness (QED) is 0.823. The predicted octanol–water partition coefficient (Wildman–Crippen LogP) is 1.16. The van der Waals surface area contributed by atoms with Gasteiger partial charge in [-0.25, -0.2) is 9.78 Å². The van der Waals surface area contributed by atoms with Gasteiger partial charge in [0.2, 0.25) is 5.89 Å². The van der Waals surface area contributed by atoms with Crippen molar-refractivity contribution < 1.29 is 19.1 Å². The van der Waals surface area contributed by atoms with E-state index in [9.17, 15) is 9.59 Å². The number of oxazole rings is 1. The molecule has 1 aromatic heterocycles. The van der Waals surface area contributed by atoms with Crippen molar-refractivity contribution >= 4 is 12.0 Å². The van der Waals surface area contributed by atoms with Crippen molar-refractivity contribution in [2.45, 2.75) is 26.8 Å². The van der Waals surface area contributed by atoms with Crippen molar-refractivity contribution in [3.8, 4) is 0 Å². The van der Waals surface area contributed by atoms with E-state index in [0.29, 0.717) is 18.2 Å². The second-order valence-electron chi connectivity index (χ2n) is 3.89. The molecular formula is C11H17N3O4. The molecule has 2 amide bonds. The molecule has 1 aromatic rings. The summed E-state index contributed by atoms with van der Waals surface area (Å²) >= 11 is 0. The van der Waals surface area contributed by atoms with Gasteiger partial charge in [-0.2, -0.15) is 0 Å². The average molecular weight is 255 g/mol. The number of aliphatic carboxylic acids is 1. The summed E-state index contributed by atoms with van der Waals surface area (Å²) in [5.74, 6) is 0.00262. The van der Waals surface area contributed by atoms with E-state index in [1.54, 1.807) is 27.0 Å². The molecular weight excluding hydrogens is 238 g/mol. The van der Waals surface area contributed by atoms with Gasteiger partial charge in [0.1, 0.15) is 18.3 Å². The van der Waals surface area contributed by atoms with Gasteiger partial charge in [-0.3, -0.25) is 4.79 Å². The predicted molar refractivity (Wildman–Crippen MR) is 63.1 cm³/mol. The van der Waals surface area contributed by atoms with E-state index in [4.69, 9.17) is 9.52 Å². The maximum Gasteiger partial charge on any atom is 0.323 e. The van der Waals surface area contributed by atoms with E-state index in [1.165, 1.54) is 4.90 Å². The van der Waals surface area contributed by atoms with Crippen LogP contribution in [-0.2, 0) is 4.79 Å². The first-order chi connectivity index (χ1) is 8.43. The van der Waals surface area contributed by atoms with Gasteiger partial charge in [0.05, 0.1) is 6.20 Å². The fourth-order valence-electron chi connectivity index (χ4n) is 1.40. The molecule has 18 heavy (non-hydrogen) atoms. The van der Waals surface area contributed by atoms with Gasteiger partial charge >= 0.3 is 12.0 Å². The van der Waals surface area contributed by atoms with Crippen LogP contribution in [0.5, 0.6) is 0 Å². The lowest BCUT2D eigenvalue weighted by Gasteiger charge is -2.21. The molecule has 0 spiro atoms. The van der Waals surface area contributed by atoms with E-state index < -0.39 is 18.0 Å². The number of hydrogen-bond acceptors (Lipinski definition) is 4. The molecule has 0 fully saturated rings. The van der Waals surface area contributed by atoms with Crippen LogP contribution in [0.1, 0.15) is 31.5 Å². The van der Waals surface area contributed by atoms with Crippen LogP contribution >= 0.6 is 0 Å². The molecule has 2 N–H and O–H groups in total. The van der Waals surface area contributed by atoms with Crippen LogP contribution in [0.15, 0.2) is 10.6 Å². The second-order valence-corrected chi connectivity index (χ2v) is 3.89. The number of aryl methyl sites for hydroxylation is 1. The summed E-state index contributed by atoms with van der Waals surface area (Å²) in [6.07, 6.45) is 1.56. The van der Waals surface area contributed by atoms with Crippen molar-refractivity contribution in [2.75, 3.05) is 13.1 Å². The molecule has 0 bridgehead atoms. The number of carbonyl (C=O) groups is 2. The van der Waals surface area contributed by atoms with Crippen LogP contribution < -0.4 is 5.32 Å². The fourth-order valence-corrected chi connectivity index (χ4v) is 1.40. The Morgan fingerprint density at radius 3 is 2.72 bits per heavy atom. The monoisotopic (exact) mass is 255 g/mol. The van der Waals surface area contributed by atoms with Gasteiger partial charge in [-0.15, -0.1) is 0 Å². The number of carboxylic acid groups (broad SMARTS) is 1. The summed E-state index contributed by atoms with van der Waals surface area (Å²) in [6.45, 7) is 5.17. The Bertz CT molecular complexity index is 430. The van der Waals surface area contributed by atoms with E-state index in [0.717, 1.165) is 0 Å². The molecule has 0 aliphatic rings. The van der Waals surface area contributed by atoms with Gasteiger partial charge in [0, 0.05) is 6.54 Å². The number of carboxylic acids is 1. The van der Waals surface area contributed by atoms with Gasteiger partial charge in [-0.1, -0.05) is 0 Å². The minimum Gasteiger partial charge on any atom is -0.480 e. The van der Waals surface area contributed by atoms with Crippen LogP contribution in [0.4, 0.5) is 4.79 Å². The minimum atomic E-state index is -1.05. The van der Waals surface area contributed by atoms with E-state index >= 15 is 0 Å². The van der Waals surface area contributed by atoms with Crippen LogP contribution in [0, 0.1) is 6.92 Å². The summed E-state index contributed by atoms with van der Waals surface area (Å²) in [4.78, 5) is 27.5. The van der Waals surface area contributed by atoms with E-state index in [1.807, 2.05) is 0 Å². The fraction of sp³-hybridized carbons (Fsp3) is 0.545. The number of urea groups is 1. The first-order valence-corrected chi connectivity index (χ1v) is 5.63. The Kier molecular flexibility index (Phi) is 4.70. The molecule has 1 unspecified atom stereocenters. The Hall–Kier alpha value is -2.05. The molecule has 100 valence electrons. The highest BCUT2D eigenvalue weighted by Gasteiger charge is 2.19. The van der Waals surface area contributed by atoms with Crippen LogP contribution in [-0.4, -0.2) is 40.1 Å². The number of hydrogen-bond donors (Lipinski definition) is 2. The molecule has 7 heteroatoms. The standard InChI is InChI=1S/C11H17N3O4/c1-4-14(6-9(15)16)11(17)13-8(3)10-12-5-7(2)18-10/h5,8H,4,6H2,1-3H3,(H,13,17)(H,15,16). The Balaban J connectivity index is 2.60. The summed E-state index contributed by atoms with van der Waals surface area (Å²) in [5.41, 5.74) is 0. The molecule has 1 heterocycles. The molecule has 0 radical (unpaired) electrons. The molecule has 0 aliphatic heterocycles. The first-order valence-electron chi connectivity index (χ1n) is 5.63. The molecule has 0 aliphatic carbocycles. The van der Waals surface area contributed by atoms with E-state index in [-0.39, 0.29) is 6.54 Å². The van der Waals surface area contributed by atoms with Gasteiger partial charge < -0.3 is 19.7 Å². The van der Waals surface area contributed by atoms with Gasteiger partial charge in [-0.05, 0) is 20.8 Å². The lowest BCUT2D eigenvalue weighted by Crippen LogP contribution is -2.43. The van der Waals surface area contributed by atoms with Crippen LogP contribution in [0.2, 0.25) is 0 Å². The summed E-state index contributed by atoms with van der Waals surface area (Å²) in [5, 5.41) is 11.3. The minimum absolute atomic E-state index is 0.315. The number of rotatable bonds is 5. The molecule has 1 rings (SSSR count). The van der Waals surface area contributed by atoms with Crippen molar-refractivity contribution in [3.05, 3.63) is 17.8 Å². The van der Waals surface area contributed by atoms with Crippen LogP contribution in [0.3, 0.4) is 0 Å². The lowest BCUT2D eigenvalue weighted by atomic mass is 10.3. The number of likely N-dealkylation sites (N-methyl/N-ethyl adjacent to an activating group) is 1. The maximum absolute atomic E-state index is 11.8. The zero-order valence-corrected chi connectivity index (χ0v) is 10.6. The highest BCUT2D eigenvalue weighted by molar-refractivity contribution is 5.80. The highest BCUT2D eigenvalue weighted by Crippen LogP contribution is 2.12. The normalized spacial score (nSPS) is 11.9. The number of nitrogens with zero attached hydrogens (tertiary/aromatic N) is 2. The topological polar surface area (TPSA) is 95.7 Å². The Morgan fingerprint density at radius 1 is 1.61 bits per heavy atom. The maximum atomic E-state index is 11.8. The average Bonchev–Trinajstić information content (AvgIpc) is 2.72. The van der Waals surface area contributed by atoms with Crippen molar-refractivity contribution in [2.24, 2.45) is 0 Å². The largest absolute Gasteiger partial charge is 0.480 e. The third kappa shape index (κ3) is 3.76. The van der Waals surface area contributed by atoms with Gasteiger partial charge in [0.15, 0.2) is 0 Å². The number of aromatic nitrogens is 1. The third-order valence-corrected chi connectivity index (χ3v) is 2.34. The smallest absolute Gasteiger partial charge is 0.323 e. The molecule has 7 nitrogen and oxygen atoms in total. The second kappa shape index (κ2) is 6.04. The molecule has 0 aromatic carbocycles. The first kappa shape index (κ1) is 14.0. The number of carbonyl (C=O) groups excluding carboxylic acids is 1. The molecule has 1 atom stereocenters. The number of nitrogens with one attached hydrogen (secondary N) is 1. The van der Waals surface area contributed by atoms with Gasteiger partial charge in [0.25, 0.3) is 0 Å². The van der Waals surface area contributed by atoms with Crippen molar-refractivity contribution in [1.82, 2.24) is 15.2 Å². The third-order valence-electron chi connectivity index (χ3n) is 2.34. The van der Waals surface area contributed by atoms with E-state index in [2.05, 4.69) is 10.3 Å². The number of amides is 2. The zero-order valence-electron chi connectivity index (χ0n) is 10.6.